The first-order chi connectivity index (χ1) is 13.0. The molecule has 0 fully saturated rings. The minimum Gasteiger partial charge on any atom is -0.497 e. The summed E-state index contributed by atoms with van der Waals surface area (Å²) in [4.78, 5) is 25.8. The lowest BCUT2D eigenvalue weighted by atomic mass is 10.1. The van der Waals surface area contributed by atoms with E-state index in [9.17, 15) is 9.59 Å². The van der Waals surface area contributed by atoms with Crippen LogP contribution in [0, 0.1) is 0 Å². The van der Waals surface area contributed by atoms with Crippen molar-refractivity contribution < 1.29 is 19.1 Å². The Morgan fingerprint density at radius 2 is 1.78 bits per heavy atom. The van der Waals surface area contributed by atoms with Gasteiger partial charge in [0.1, 0.15) is 11.5 Å². The molecule has 0 atom stereocenters. The number of nitrogens with zero attached hydrogens (tertiary/aromatic N) is 1. The van der Waals surface area contributed by atoms with Crippen LogP contribution >= 0.6 is 0 Å². The van der Waals surface area contributed by atoms with Crippen molar-refractivity contribution in [3.63, 3.8) is 0 Å². The molecular formula is C21H26N2O4. The van der Waals surface area contributed by atoms with Crippen LogP contribution < -0.4 is 19.7 Å². The van der Waals surface area contributed by atoms with E-state index in [0.29, 0.717) is 43.1 Å². The van der Waals surface area contributed by atoms with Crippen molar-refractivity contribution in [2.24, 2.45) is 0 Å². The average Bonchev–Trinajstić information content (AvgIpc) is 2.69. The van der Waals surface area contributed by atoms with Crippen LogP contribution in [0.1, 0.15) is 18.9 Å². The molecule has 0 saturated carbocycles. The van der Waals surface area contributed by atoms with Crippen LogP contribution in [0.15, 0.2) is 48.5 Å². The Hall–Kier alpha value is -3.02. The number of methoxy groups -OCH3 is 2. The van der Waals surface area contributed by atoms with Crippen LogP contribution in [0.2, 0.25) is 0 Å². The van der Waals surface area contributed by atoms with Crippen molar-refractivity contribution in [3.8, 4) is 11.5 Å². The van der Waals surface area contributed by atoms with Crippen molar-refractivity contribution >= 4 is 17.5 Å². The molecule has 27 heavy (non-hydrogen) atoms. The molecule has 0 aliphatic rings. The lowest BCUT2D eigenvalue weighted by Gasteiger charge is -2.24. The SMILES string of the molecule is COc1ccc(OC)c(N(CCNC(=O)CCc2ccccc2)C(C)=O)c1. The van der Waals surface area contributed by atoms with Crippen LogP contribution in [0.3, 0.4) is 0 Å². The maximum Gasteiger partial charge on any atom is 0.224 e. The lowest BCUT2D eigenvalue weighted by molar-refractivity contribution is -0.121. The van der Waals surface area contributed by atoms with Crippen molar-refractivity contribution in [1.29, 1.82) is 0 Å². The molecule has 0 heterocycles. The van der Waals surface area contributed by atoms with Gasteiger partial charge in [0, 0.05) is 32.5 Å². The zero-order valence-corrected chi connectivity index (χ0v) is 16.0. The number of hydrogen-bond donors (Lipinski definition) is 1. The predicted molar refractivity (Wildman–Crippen MR) is 105 cm³/mol. The molecule has 2 aromatic rings. The summed E-state index contributed by atoms with van der Waals surface area (Å²) < 4.78 is 10.6. The molecule has 2 rings (SSSR count). The van der Waals surface area contributed by atoms with Crippen molar-refractivity contribution in [3.05, 3.63) is 54.1 Å². The molecule has 2 aromatic carbocycles. The van der Waals surface area contributed by atoms with E-state index in [-0.39, 0.29) is 11.8 Å². The molecule has 0 aromatic heterocycles. The van der Waals surface area contributed by atoms with Gasteiger partial charge in [0.25, 0.3) is 0 Å². The number of nitrogens with one attached hydrogen (secondary N) is 1. The van der Waals surface area contributed by atoms with Gasteiger partial charge in [0.15, 0.2) is 0 Å². The quantitative estimate of drug-likeness (QED) is 0.737. The van der Waals surface area contributed by atoms with Crippen molar-refractivity contribution in [2.75, 3.05) is 32.2 Å². The number of hydrogen-bond acceptors (Lipinski definition) is 4. The summed E-state index contributed by atoms with van der Waals surface area (Å²) in [6.45, 7) is 2.18. The van der Waals surface area contributed by atoms with Crippen LogP contribution in [0.25, 0.3) is 0 Å². The number of carbonyl (C=O) groups is 2. The number of amides is 2. The predicted octanol–water partition coefficient (Wildman–Crippen LogP) is 2.81. The Balaban J connectivity index is 1.93. The highest BCUT2D eigenvalue weighted by Gasteiger charge is 2.17. The molecule has 0 spiro atoms. The first kappa shape index (κ1) is 20.3. The first-order valence-electron chi connectivity index (χ1n) is 8.86. The zero-order valence-electron chi connectivity index (χ0n) is 16.0. The maximum absolute atomic E-state index is 12.1. The highest BCUT2D eigenvalue weighted by molar-refractivity contribution is 5.93. The van der Waals surface area contributed by atoms with E-state index in [1.54, 1.807) is 37.3 Å². The van der Waals surface area contributed by atoms with Crippen molar-refractivity contribution in [1.82, 2.24) is 5.32 Å². The molecule has 6 nitrogen and oxygen atoms in total. The number of rotatable bonds is 9. The Bertz CT molecular complexity index is 762. The normalized spacial score (nSPS) is 10.2. The Labute approximate surface area is 160 Å². The van der Waals surface area contributed by atoms with Gasteiger partial charge in [-0.15, -0.1) is 0 Å². The largest absolute Gasteiger partial charge is 0.497 e. The van der Waals surface area contributed by atoms with Crippen LogP contribution in [0.4, 0.5) is 5.69 Å². The average molecular weight is 370 g/mol. The van der Waals surface area contributed by atoms with Crippen molar-refractivity contribution in [2.45, 2.75) is 19.8 Å². The number of ether oxygens (including phenoxy) is 2. The number of benzene rings is 2. The molecule has 0 radical (unpaired) electrons. The topological polar surface area (TPSA) is 67.9 Å². The molecule has 6 heteroatoms. The van der Waals surface area contributed by atoms with E-state index < -0.39 is 0 Å². The minimum absolute atomic E-state index is 0.0417. The second-order valence-electron chi connectivity index (χ2n) is 6.04. The fourth-order valence-corrected chi connectivity index (χ4v) is 2.75. The number of carbonyl (C=O) groups excluding carboxylic acids is 2. The summed E-state index contributed by atoms with van der Waals surface area (Å²) in [6, 6.07) is 15.1. The van der Waals surface area contributed by atoms with Gasteiger partial charge in [0.05, 0.1) is 19.9 Å². The van der Waals surface area contributed by atoms with Gasteiger partial charge >= 0.3 is 0 Å². The van der Waals surface area contributed by atoms with E-state index in [4.69, 9.17) is 9.47 Å². The summed E-state index contributed by atoms with van der Waals surface area (Å²) in [5.41, 5.74) is 1.74. The van der Waals surface area contributed by atoms with E-state index in [1.807, 2.05) is 30.3 Å². The molecule has 0 bridgehead atoms. The Kier molecular flexibility index (Phi) is 7.67. The van der Waals surface area contributed by atoms with E-state index in [1.165, 1.54) is 6.92 Å². The van der Waals surface area contributed by atoms with Gasteiger partial charge < -0.3 is 19.7 Å². The standard InChI is InChI=1S/C21H26N2O4/c1-16(24)23(19-15-18(26-2)10-11-20(19)27-3)14-13-22-21(25)12-9-17-7-5-4-6-8-17/h4-8,10-11,15H,9,12-14H2,1-3H3,(H,22,25). The molecular weight excluding hydrogens is 344 g/mol. The van der Waals surface area contributed by atoms with Crippen LogP contribution in [-0.2, 0) is 16.0 Å². The van der Waals surface area contributed by atoms with Gasteiger partial charge in [0.2, 0.25) is 11.8 Å². The third kappa shape index (κ3) is 6.02. The smallest absolute Gasteiger partial charge is 0.224 e. The molecule has 0 aliphatic heterocycles. The summed E-state index contributed by atoms with van der Waals surface area (Å²) in [5.74, 6) is 1.02. The zero-order chi connectivity index (χ0) is 19.6. The summed E-state index contributed by atoms with van der Waals surface area (Å²) >= 11 is 0. The van der Waals surface area contributed by atoms with Gasteiger partial charge in [-0.3, -0.25) is 9.59 Å². The second kappa shape index (κ2) is 10.2. The van der Waals surface area contributed by atoms with Gasteiger partial charge in [-0.05, 0) is 24.1 Å². The molecule has 144 valence electrons. The molecule has 2 amide bonds. The Morgan fingerprint density at radius 3 is 2.41 bits per heavy atom. The second-order valence-corrected chi connectivity index (χ2v) is 6.04. The van der Waals surface area contributed by atoms with Gasteiger partial charge in [-0.1, -0.05) is 30.3 Å². The van der Waals surface area contributed by atoms with E-state index in [2.05, 4.69) is 5.32 Å². The van der Waals surface area contributed by atoms with Gasteiger partial charge in [-0.25, -0.2) is 0 Å². The summed E-state index contributed by atoms with van der Waals surface area (Å²) in [7, 11) is 3.12. The third-order valence-electron chi connectivity index (χ3n) is 4.20. The number of anilines is 1. The van der Waals surface area contributed by atoms with Gasteiger partial charge in [-0.2, -0.15) is 0 Å². The van der Waals surface area contributed by atoms with E-state index >= 15 is 0 Å². The maximum atomic E-state index is 12.1. The fourth-order valence-electron chi connectivity index (χ4n) is 2.75. The highest BCUT2D eigenvalue weighted by atomic mass is 16.5. The molecule has 0 unspecified atom stereocenters. The summed E-state index contributed by atoms with van der Waals surface area (Å²) in [5, 5.41) is 2.87. The van der Waals surface area contributed by atoms with E-state index in [0.717, 1.165) is 5.56 Å². The lowest BCUT2D eigenvalue weighted by Crippen LogP contribution is -2.37. The monoisotopic (exact) mass is 370 g/mol. The summed E-state index contributed by atoms with van der Waals surface area (Å²) in [6.07, 6.45) is 1.10. The number of aryl methyl sites for hydroxylation is 1. The molecule has 1 N–H and O–H groups in total. The van der Waals surface area contributed by atoms with Crippen LogP contribution in [-0.4, -0.2) is 39.1 Å². The first-order valence-corrected chi connectivity index (χ1v) is 8.86. The highest BCUT2D eigenvalue weighted by Crippen LogP contribution is 2.32. The Morgan fingerprint density at radius 1 is 1.04 bits per heavy atom. The fraction of sp³-hybridized carbons (Fsp3) is 0.333. The minimum atomic E-state index is -0.139. The molecule has 0 aliphatic carbocycles. The van der Waals surface area contributed by atoms with Crippen LogP contribution in [0.5, 0.6) is 11.5 Å². The molecule has 0 saturated heterocycles. The third-order valence-corrected chi connectivity index (χ3v) is 4.20.